The van der Waals surface area contributed by atoms with E-state index < -0.39 is 0 Å². The van der Waals surface area contributed by atoms with Crippen LogP contribution in [0.1, 0.15) is 91.9 Å². The van der Waals surface area contributed by atoms with E-state index in [1.165, 1.54) is 37.7 Å². The average Bonchev–Trinajstić information content (AvgIpc) is 3.49. The molecule has 218 valence electrons. The lowest BCUT2D eigenvalue weighted by Gasteiger charge is -2.58. The van der Waals surface area contributed by atoms with Gasteiger partial charge in [0.1, 0.15) is 0 Å². The summed E-state index contributed by atoms with van der Waals surface area (Å²) >= 11 is 0. The first-order valence-corrected chi connectivity index (χ1v) is 15.8. The summed E-state index contributed by atoms with van der Waals surface area (Å²) in [5, 5.41) is 11.2. The van der Waals surface area contributed by atoms with Gasteiger partial charge >= 0.3 is 6.09 Å². The largest absolute Gasteiger partial charge is 0.436 e. The molecule has 4 fully saturated rings. The van der Waals surface area contributed by atoms with Gasteiger partial charge in [-0.3, -0.25) is 9.63 Å². The van der Waals surface area contributed by atoms with Crippen molar-refractivity contribution in [1.29, 1.82) is 0 Å². The Morgan fingerprint density at radius 2 is 1.95 bits per heavy atom. The van der Waals surface area contributed by atoms with E-state index in [-0.39, 0.29) is 16.9 Å². The van der Waals surface area contributed by atoms with Crippen LogP contribution in [0.25, 0.3) is 0 Å². The van der Waals surface area contributed by atoms with Crippen molar-refractivity contribution in [3.05, 3.63) is 11.6 Å². The second-order valence-electron chi connectivity index (χ2n) is 13.9. The molecule has 0 aromatic carbocycles. The molecule has 5 aliphatic rings. The number of oxime groups is 1. The van der Waals surface area contributed by atoms with E-state index in [0.29, 0.717) is 55.0 Å². The highest BCUT2D eigenvalue weighted by Crippen LogP contribution is 2.66. The molecular weight excluding hydrogens is 488 g/mol. The van der Waals surface area contributed by atoms with Gasteiger partial charge in [-0.2, -0.15) is 0 Å². The van der Waals surface area contributed by atoms with Gasteiger partial charge in [-0.05, 0) is 119 Å². The number of allylic oxidation sites excluding steroid dienone is 1. The maximum atomic E-state index is 13.1. The van der Waals surface area contributed by atoms with E-state index in [1.54, 1.807) is 0 Å². The quantitative estimate of drug-likeness (QED) is 0.239. The predicted molar refractivity (Wildman–Crippen MR) is 155 cm³/mol. The number of likely N-dealkylation sites (N-methyl/N-ethyl adjacent to an activating group) is 1. The molecule has 39 heavy (non-hydrogen) atoms. The Hall–Kier alpha value is -1.73. The van der Waals surface area contributed by atoms with Gasteiger partial charge in [0.05, 0.1) is 5.71 Å². The van der Waals surface area contributed by atoms with Gasteiger partial charge in [-0.1, -0.05) is 31.5 Å². The summed E-state index contributed by atoms with van der Waals surface area (Å²) in [6.45, 7) is 12.4. The van der Waals surface area contributed by atoms with Crippen LogP contribution in [0.15, 0.2) is 16.8 Å². The molecule has 2 unspecified atom stereocenters. The fourth-order valence-electron chi connectivity index (χ4n) is 9.60. The molecule has 0 bridgehead atoms. The van der Waals surface area contributed by atoms with Crippen LogP contribution in [0.5, 0.6) is 0 Å². The van der Waals surface area contributed by atoms with Crippen LogP contribution in [-0.4, -0.2) is 61.8 Å². The number of hydrogen-bond acceptors (Lipinski definition) is 6. The Labute approximate surface area is 235 Å². The van der Waals surface area contributed by atoms with E-state index in [0.717, 1.165) is 50.4 Å². The number of ketones is 1. The second kappa shape index (κ2) is 11.6. The molecule has 1 amide bonds. The Kier molecular flexibility index (Phi) is 8.59. The molecule has 0 aromatic heterocycles. The number of nitrogens with one attached hydrogen (secondary N) is 2. The lowest BCUT2D eigenvalue weighted by molar-refractivity contribution is -0.117. The van der Waals surface area contributed by atoms with Gasteiger partial charge in [0.15, 0.2) is 5.78 Å². The number of hydrogen-bond donors (Lipinski definition) is 2. The van der Waals surface area contributed by atoms with E-state index in [9.17, 15) is 9.59 Å². The molecule has 0 spiro atoms. The Bertz CT molecular complexity index is 994. The van der Waals surface area contributed by atoms with Crippen LogP contribution in [0, 0.1) is 40.4 Å². The number of fused-ring (bicyclic) bond motifs is 5. The maximum Gasteiger partial charge on any atom is 0.436 e. The lowest BCUT2D eigenvalue weighted by Crippen LogP contribution is -2.51. The minimum atomic E-state index is -0.329. The normalized spacial score (nSPS) is 40.0. The third-order valence-corrected chi connectivity index (χ3v) is 12.0. The summed E-state index contributed by atoms with van der Waals surface area (Å²) in [6.07, 6.45) is 12.7. The van der Waals surface area contributed by atoms with Gasteiger partial charge in [-0.25, -0.2) is 4.79 Å². The topological polar surface area (TPSA) is 83.0 Å². The summed E-state index contributed by atoms with van der Waals surface area (Å²) in [7, 11) is 1.91. The van der Waals surface area contributed by atoms with Gasteiger partial charge < -0.3 is 15.5 Å². The first-order chi connectivity index (χ1) is 18.7. The maximum absolute atomic E-state index is 13.1. The summed E-state index contributed by atoms with van der Waals surface area (Å²) < 4.78 is 0. The molecule has 1 saturated heterocycles. The van der Waals surface area contributed by atoms with Gasteiger partial charge in [-0.15, -0.1) is 0 Å². The highest BCUT2D eigenvalue weighted by molar-refractivity contribution is 5.91. The summed E-state index contributed by atoms with van der Waals surface area (Å²) in [6, 6.07) is 0.466. The molecule has 2 N–H and O–H groups in total. The molecule has 7 nitrogen and oxygen atoms in total. The minimum Gasteiger partial charge on any atom is -0.318 e. The monoisotopic (exact) mass is 540 g/mol. The van der Waals surface area contributed by atoms with E-state index >= 15 is 0 Å². The van der Waals surface area contributed by atoms with Crippen molar-refractivity contribution in [2.45, 2.75) is 97.9 Å². The van der Waals surface area contributed by atoms with Crippen LogP contribution in [-0.2, 0) is 9.63 Å². The number of carbonyl (C=O) groups is 2. The molecule has 1 aliphatic heterocycles. The van der Waals surface area contributed by atoms with Crippen molar-refractivity contribution in [3.63, 3.8) is 0 Å². The van der Waals surface area contributed by atoms with Crippen LogP contribution in [0.3, 0.4) is 0 Å². The zero-order valence-corrected chi connectivity index (χ0v) is 25.1. The fraction of sp³-hybridized carbons (Fsp3) is 0.844. The molecule has 8 atom stereocenters. The van der Waals surface area contributed by atoms with E-state index in [2.05, 4.69) is 43.5 Å². The molecule has 4 aliphatic carbocycles. The molecular formula is C32H52N4O3. The molecule has 3 saturated carbocycles. The smallest absolute Gasteiger partial charge is 0.318 e. The highest BCUT2D eigenvalue weighted by Gasteiger charge is 2.59. The molecule has 7 heteroatoms. The van der Waals surface area contributed by atoms with Gasteiger partial charge in [0, 0.05) is 38.0 Å². The number of amides is 1. The standard InChI is InChI=1S/C32H52N4O3/c1-21-12-16-34-29(21)13-18-36(19-17-33-5)30(38)39-35-22(2)26-8-9-27-25-7-6-23-20-24(37)10-14-31(23,3)28(25)11-15-32(26,27)4/h20-21,25-29,33-34H,6-19H2,1-5H3/b35-22+/t21?,25-,26+,27-,28-,29?,31-,32+/m0/s1. The van der Waals surface area contributed by atoms with Crippen molar-refractivity contribution in [2.75, 3.05) is 33.2 Å². The first kappa shape index (κ1) is 28.8. The second-order valence-corrected chi connectivity index (χ2v) is 13.9. The predicted octanol–water partition coefficient (Wildman–Crippen LogP) is 5.56. The fourth-order valence-corrected chi connectivity index (χ4v) is 9.60. The number of carbonyl (C=O) groups excluding carboxylic acids is 2. The van der Waals surface area contributed by atoms with Crippen molar-refractivity contribution in [1.82, 2.24) is 15.5 Å². The third-order valence-electron chi connectivity index (χ3n) is 12.0. The summed E-state index contributed by atoms with van der Waals surface area (Å²) in [5.41, 5.74) is 2.83. The highest BCUT2D eigenvalue weighted by atomic mass is 16.7. The lowest BCUT2D eigenvalue weighted by atomic mass is 9.46. The van der Waals surface area contributed by atoms with Gasteiger partial charge in [0.2, 0.25) is 0 Å². The molecule has 0 aromatic rings. The Morgan fingerprint density at radius 1 is 1.13 bits per heavy atom. The Balaban J connectivity index is 1.23. The van der Waals surface area contributed by atoms with Crippen LogP contribution in [0.2, 0.25) is 0 Å². The first-order valence-electron chi connectivity index (χ1n) is 15.8. The zero-order valence-electron chi connectivity index (χ0n) is 25.1. The van der Waals surface area contributed by atoms with Crippen molar-refractivity contribution in [2.24, 2.45) is 45.6 Å². The molecule has 1 heterocycles. The molecule has 0 radical (unpaired) electrons. The number of rotatable bonds is 8. The van der Waals surface area contributed by atoms with E-state index in [1.807, 2.05) is 18.0 Å². The summed E-state index contributed by atoms with van der Waals surface area (Å²) in [5.74, 6) is 3.44. The SMILES string of the molecule is CNCCN(CCC1NCCC1C)C(=O)O/N=C(\C)[C@H]1CC[C@H]2[C@@H]3CCC4=CC(=O)CC[C@]4(C)[C@H]3CC[C@]12C. The summed E-state index contributed by atoms with van der Waals surface area (Å²) in [4.78, 5) is 32.7. The van der Waals surface area contributed by atoms with Crippen LogP contribution >= 0.6 is 0 Å². The molecule has 5 rings (SSSR count). The van der Waals surface area contributed by atoms with Crippen molar-refractivity contribution in [3.8, 4) is 0 Å². The zero-order chi connectivity index (χ0) is 27.8. The van der Waals surface area contributed by atoms with Crippen molar-refractivity contribution < 1.29 is 14.4 Å². The van der Waals surface area contributed by atoms with Crippen LogP contribution in [0.4, 0.5) is 4.79 Å². The third kappa shape index (κ3) is 5.47. The average molecular weight is 541 g/mol. The number of nitrogens with zero attached hydrogens (tertiary/aromatic N) is 2. The van der Waals surface area contributed by atoms with Gasteiger partial charge in [0.25, 0.3) is 0 Å². The van der Waals surface area contributed by atoms with Crippen LogP contribution < -0.4 is 10.6 Å². The van der Waals surface area contributed by atoms with E-state index in [4.69, 9.17) is 4.84 Å². The minimum absolute atomic E-state index is 0.206. The Morgan fingerprint density at radius 3 is 2.69 bits per heavy atom. The van der Waals surface area contributed by atoms with Crippen molar-refractivity contribution >= 4 is 17.6 Å².